The average molecular weight is 471 g/mol. The molecule has 2 atom stereocenters. The van der Waals surface area contributed by atoms with Crippen LogP contribution < -0.4 is 5.32 Å². The van der Waals surface area contributed by atoms with Crippen LogP contribution in [0.2, 0.25) is 0 Å². The first kappa shape index (κ1) is 24.1. The quantitative estimate of drug-likeness (QED) is 0.399. The molecule has 0 aromatic carbocycles. The van der Waals surface area contributed by atoms with Gasteiger partial charge in [0.15, 0.2) is 5.76 Å². The molecule has 0 aromatic heterocycles. The Morgan fingerprint density at radius 3 is 1.96 bits per heavy atom. The number of ether oxygens (including phenoxy) is 1. The maximum Gasteiger partial charge on any atom is 0.470 e. The molecule has 0 bridgehead atoms. The Kier molecular flexibility index (Phi) is 7.57. The molecule has 0 saturated carbocycles. The van der Waals surface area contributed by atoms with E-state index >= 15 is 0 Å². The Morgan fingerprint density at radius 1 is 1.12 bits per heavy atom. The normalized spacial score (nSPS) is 27.4. The van der Waals surface area contributed by atoms with Crippen molar-refractivity contribution < 1.29 is 28.4 Å². The van der Waals surface area contributed by atoms with Crippen molar-refractivity contribution in [2.24, 2.45) is 11.8 Å². The zero-order valence-corrected chi connectivity index (χ0v) is 18.6. The first-order chi connectivity index (χ1) is 11.7. The summed E-state index contributed by atoms with van der Waals surface area (Å²) in [7, 11) is -3.76. The van der Waals surface area contributed by atoms with E-state index in [9.17, 15) is 19.1 Å². The summed E-state index contributed by atoms with van der Waals surface area (Å²) in [6, 6.07) is 0. The van der Waals surface area contributed by atoms with Gasteiger partial charge < -0.3 is 19.8 Å². The lowest BCUT2D eigenvalue weighted by molar-refractivity contribution is -0.00858. The van der Waals surface area contributed by atoms with Crippen LogP contribution in [0.3, 0.4) is 0 Å². The van der Waals surface area contributed by atoms with E-state index in [4.69, 9.17) is 55.7 Å². The molecule has 26 heavy (non-hydrogen) atoms. The van der Waals surface area contributed by atoms with Gasteiger partial charge in [0.05, 0.1) is 10.1 Å². The van der Waals surface area contributed by atoms with Crippen molar-refractivity contribution in [2.75, 3.05) is 7.05 Å². The maximum atomic E-state index is 11.7. The highest BCUT2D eigenvalue weighted by Crippen LogP contribution is 2.63. The summed E-state index contributed by atoms with van der Waals surface area (Å²) < 4.78 is 21.9. The number of carbonyl (C=O) groups is 1. The van der Waals surface area contributed by atoms with Crippen molar-refractivity contribution >= 4 is 60.3 Å². The molecule has 1 rings (SSSR count). The van der Waals surface area contributed by atoms with Gasteiger partial charge in [-0.05, 0) is 11.8 Å². The van der Waals surface area contributed by atoms with Crippen LogP contribution in [0.4, 0.5) is 4.79 Å². The third-order valence-corrected chi connectivity index (χ3v) is 6.97. The summed E-state index contributed by atoms with van der Waals surface area (Å²) in [4.78, 5) is 28.8. The highest BCUT2D eigenvalue weighted by atomic mass is 35.5. The maximum absolute atomic E-state index is 11.7. The van der Waals surface area contributed by atoms with Crippen molar-refractivity contribution in [2.45, 2.75) is 38.2 Å². The van der Waals surface area contributed by atoms with E-state index in [1.165, 1.54) is 7.05 Å². The largest absolute Gasteiger partial charge is 0.470 e. The monoisotopic (exact) mass is 469 g/mol. The van der Waals surface area contributed by atoms with Gasteiger partial charge in [-0.1, -0.05) is 62.5 Å². The first-order valence-electron chi connectivity index (χ1n) is 7.47. The number of alkyl carbamates (subject to hydrolysis) is 1. The molecule has 3 N–H and O–H groups in total. The lowest BCUT2D eigenvalue weighted by Gasteiger charge is -2.52. The number of amides is 1. The lowest BCUT2D eigenvalue weighted by atomic mass is 9.69. The van der Waals surface area contributed by atoms with Crippen molar-refractivity contribution in [1.29, 1.82) is 0 Å². The smallest absolute Gasteiger partial charge is 0.407 e. The molecule has 2 unspecified atom stereocenters. The van der Waals surface area contributed by atoms with Gasteiger partial charge in [0.1, 0.15) is 15.5 Å². The molecular formula is C14H20Cl4NO6P. The summed E-state index contributed by atoms with van der Waals surface area (Å²) in [6.07, 6.45) is -0.878. The van der Waals surface area contributed by atoms with Crippen LogP contribution in [0.15, 0.2) is 20.9 Å². The highest BCUT2D eigenvalue weighted by Gasteiger charge is 2.65. The van der Waals surface area contributed by atoms with E-state index in [1.807, 2.05) is 0 Å². The molecule has 1 aliphatic carbocycles. The van der Waals surface area contributed by atoms with Crippen LogP contribution in [0.25, 0.3) is 0 Å². The van der Waals surface area contributed by atoms with Gasteiger partial charge >= 0.3 is 13.9 Å². The van der Waals surface area contributed by atoms with Gasteiger partial charge in [-0.25, -0.2) is 9.36 Å². The van der Waals surface area contributed by atoms with Crippen molar-refractivity contribution in [3.8, 4) is 0 Å². The molecule has 12 heteroatoms. The van der Waals surface area contributed by atoms with Crippen LogP contribution in [0.5, 0.6) is 0 Å². The Hall–Kier alpha value is 0.0200. The fraction of sp³-hybridized carbons (Fsp3) is 0.643. The molecule has 0 aliphatic heterocycles. The molecular weight excluding hydrogens is 451 g/mol. The van der Waals surface area contributed by atoms with Gasteiger partial charge in [0.2, 0.25) is 0 Å². The molecule has 1 aliphatic rings. The predicted molar refractivity (Wildman–Crippen MR) is 101 cm³/mol. The molecule has 0 heterocycles. The zero-order valence-electron chi connectivity index (χ0n) is 14.6. The number of rotatable bonds is 5. The summed E-state index contributed by atoms with van der Waals surface area (Å²) in [5.74, 6) is -1.55. The summed E-state index contributed by atoms with van der Waals surface area (Å²) in [5.41, 5.74) is -1.98. The number of allylic oxidation sites excluding steroid dienone is 1. The van der Waals surface area contributed by atoms with Gasteiger partial charge in [-0.3, -0.25) is 4.52 Å². The van der Waals surface area contributed by atoms with Crippen molar-refractivity contribution in [1.82, 2.24) is 5.32 Å². The van der Waals surface area contributed by atoms with Gasteiger partial charge in [-0.2, -0.15) is 0 Å². The Morgan fingerprint density at radius 2 is 1.62 bits per heavy atom. The van der Waals surface area contributed by atoms with E-state index in [2.05, 4.69) is 5.32 Å². The van der Waals surface area contributed by atoms with Crippen LogP contribution in [0, 0.1) is 11.8 Å². The second-order valence-corrected chi connectivity index (χ2v) is 9.14. The molecule has 0 spiro atoms. The fourth-order valence-corrected chi connectivity index (χ4v) is 5.56. The zero-order chi connectivity index (χ0) is 20.7. The van der Waals surface area contributed by atoms with Crippen molar-refractivity contribution in [3.05, 3.63) is 20.9 Å². The third kappa shape index (κ3) is 3.91. The first-order valence-corrected chi connectivity index (χ1v) is 10.5. The summed E-state index contributed by atoms with van der Waals surface area (Å²) in [5, 5.41) is 1.31. The molecule has 0 radical (unpaired) electrons. The van der Waals surface area contributed by atoms with Crippen molar-refractivity contribution in [3.63, 3.8) is 0 Å². The number of hydrogen-bond acceptors (Lipinski definition) is 4. The van der Waals surface area contributed by atoms with E-state index < -0.39 is 36.2 Å². The minimum Gasteiger partial charge on any atom is -0.407 e. The highest BCUT2D eigenvalue weighted by molar-refractivity contribution is 7.46. The van der Waals surface area contributed by atoms with Crippen LogP contribution >= 0.6 is 54.2 Å². The number of phosphoric acid groups is 1. The number of phosphoric ester groups is 1. The number of carbonyl (C=O) groups excluding carboxylic acids is 1. The predicted octanol–water partition coefficient (Wildman–Crippen LogP) is 4.63. The minimum absolute atomic E-state index is 0.255. The van der Waals surface area contributed by atoms with E-state index in [0.29, 0.717) is 0 Å². The van der Waals surface area contributed by atoms with Gasteiger partial charge in [-0.15, -0.1) is 11.6 Å². The van der Waals surface area contributed by atoms with Crippen LogP contribution in [-0.2, 0) is 13.8 Å². The Labute approximate surface area is 171 Å². The minimum atomic E-state index is -5.08. The SMILES string of the molecule is CNC(=O)OC1=C(Cl)C(Cl)(C(C)C)C(OP(=O)(O)O)(C(C)C)C(Cl)=C1Cl. The third-order valence-electron chi connectivity index (χ3n) is 4.05. The fourth-order valence-electron chi connectivity index (χ4n) is 2.84. The topological polar surface area (TPSA) is 105 Å². The Bertz CT molecular complexity index is 704. The number of nitrogens with one attached hydrogen (secondary N) is 1. The molecule has 1 amide bonds. The Balaban J connectivity index is 3.89. The molecule has 0 saturated heterocycles. The summed E-state index contributed by atoms with van der Waals surface area (Å²) >= 11 is 25.9. The molecule has 0 fully saturated rings. The van der Waals surface area contributed by atoms with Gasteiger partial charge in [0, 0.05) is 7.05 Å². The van der Waals surface area contributed by atoms with Gasteiger partial charge in [0.25, 0.3) is 0 Å². The average Bonchev–Trinajstić information content (AvgIpc) is 2.51. The van der Waals surface area contributed by atoms with E-state index in [0.717, 1.165) is 0 Å². The molecule has 7 nitrogen and oxygen atoms in total. The second-order valence-electron chi connectivity index (χ2n) is 6.25. The van der Waals surface area contributed by atoms with E-state index in [-0.39, 0.29) is 20.9 Å². The lowest BCUT2D eigenvalue weighted by Crippen LogP contribution is -2.61. The number of alkyl halides is 1. The molecule has 0 aromatic rings. The number of hydrogen-bond donors (Lipinski definition) is 3. The molecule has 150 valence electrons. The van der Waals surface area contributed by atoms with Crippen LogP contribution in [0.1, 0.15) is 27.7 Å². The summed E-state index contributed by atoms with van der Waals surface area (Å²) in [6.45, 7) is 6.49. The standard InChI is InChI=1S/C14H20Cl4NO6P/c1-6(2)13(18)11(17)9(24-12(20)19-5)8(15)10(16)14(13,7(3)4)25-26(21,22)23/h6-7H,1-5H3,(H,19,20)(H2,21,22,23). The second kappa shape index (κ2) is 8.18. The van der Waals surface area contributed by atoms with E-state index in [1.54, 1.807) is 27.7 Å². The van der Waals surface area contributed by atoms with Crippen LogP contribution in [-0.4, -0.2) is 33.4 Å². The number of halogens is 4.